The standard InChI is InChI=1S/C24H21N7O2/c1-13-10-17(15(3)27-19-7-5-9-26-20(19)24-28-30-31-29-24)23-18(11-13)21(32)14(2)22(33-23)16-6-4-8-25-12-16/h4-12,15,27H,1-3H3,(H,28,29,30,31). The molecule has 0 saturated carbocycles. The van der Waals surface area contributed by atoms with E-state index in [0.29, 0.717) is 33.8 Å². The second-order valence-corrected chi connectivity index (χ2v) is 7.86. The summed E-state index contributed by atoms with van der Waals surface area (Å²) >= 11 is 0. The Hall–Kier alpha value is -4.40. The fraction of sp³-hybridized carbons (Fsp3) is 0.167. The predicted molar refractivity (Wildman–Crippen MR) is 125 cm³/mol. The molecule has 0 bridgehead atoms. The summed E-state index contributed by atoms with van der Waals surface area (Å²) in [5, 5.41) is 18.2. The zero-order valence-corrected chi connectivity index (χ0v) is 18.3. The molecule has 4 aromatic heterocycles. The van der Waals surface area contributed by atoms with E-state index in [-0.39, 0.29) is 11.5 Å². The Morgan fingerprint density at radius 3 is 2.73 bits per heavy atom. The van der Waals surface area contributed by atoms with Crippen LogP contribution in [-0.4, -0.2) is 30.6 Å². The highest BCUT2D eigenvalue weighted by Gasteiger charge is 2.20. The van der Waals surface area contributed by atoms with Gasteiger partial charge in [0.05, 0.1) is 17.1 Å². The zero-order chi connectivity index (χ0) is 22.9. The minimum absolute atomic E-state index is 0.0545. The van der Waals surface area contributed by atoms with Crippen molar-refractivity contribution in [2.24, 2.45) is 0 Å². The number of pyridine rings is 2. The first-order valence-electron chi connectivity index (χ1n) is 10.5. The van der Waals surface area contributed by atoms with Gasteiger partial charge in [0.25, 0.3) is 0 Å². The Balaban J connectivity index is 1.64. The molecule has 0 amide bonds. The van der Waals surface area contributed by atoms with Crippen molar-refractivity contribution < 1.29 is 4.42 Å². The summed E-state index contributed by atoms with van der Waals surface area (Å²) in [5.74, 6) is 0.909. The molecule has 0 radical (unpaired) electrons. The molecular weight excluding hydrogens is 418 g/mol. The first-order chi connectivity index (χ1) is 16.0. The second-order valence-electron chi connectivity index (χ2n) is 7.86. The van der Waals surface area contributed by atoms with Crippen LogP contribution in [0.2, 0.25) is 0 Å². The molecule has 1 unspecified atom stereocenters. The Morgan fingerprint density at radius 1 is 1.12 bits per heavy atom. The van der Waals surface area contributed by atoms with Gasteiger partial charge in [-0.3, -0.25) is 14.8 Å². The molecule has 0 fully saturated rings. The van der Waals surface area contributed by atoms with Crippen LogP contribution in [0, 0.1) is 13.8 Å². The van der Waals surface area contributed by atoms with Crippen molar-refractivity contribution in [1.29, 1.82) is 0 Å². The first kappa shape index (κ1) is 20.5. The lowest BCUT2D eigenvalue weighted by atomic mass is 9.99. The summed E-state index contributed by atoms with van der Waals surface area (Å²) in [4.78, 5) is 21.9. The number of hydrogen-bond donors (Lipinski definition) is 2. The van der Waals surface area contributed by atoms with E-state index in [4.69, 9.17) is 4.42 Å². The molecule has 33 heavy (non-hydrogen) atoms. The van der Waals surface area contributed by atoms with E-state index in [1.54, 1.807) is 25.5 Å². The third kappa shape index (κ3) is 3.73. The van der Waals surface area contributed by atoms with Gasteiger partial charge in [-0.2, -0.15) is 5.21 Å². The molecule has 1 atom stereocenters. The highest BCUT2D eigenvalue weighted by atomic mass is 16.3. The molecule has 1 aromatic carbocycles. The number of aromatic nitrogens is 6. The number of nitrogens with one attached hydrogen (secondary N) is 2. The van der Waals surface area contributed by atoms with Gasteiger partial charge in [0, 0.05) is 35.3 Å². The smallest absolute Gasteiger partial charge is 0.225 e. The van der Waals surface area contributed by atoms with Gasteiger partial charge < -0.3 is 9.73 Å². The van der Waals surface area contributed by atoms with Crippen molar-refractivity contribution in [3.63, 3.8) is 0 Å². The molecular formula is C24H21N7O2. The maximum atomic E-state index is 13.3. The van der Waals surface area contributed by atoms with Crippen molar-refractivity contribution in [2.75, 3.05) is 5.32 Å². The second kappa shape index (κ2) is 8.27. The molecule has 5 rings (SSSR count). The summed E-state index contributed by atoms with van der Waals surface area (Å²) in [6.45, 7) is 5.75. The number of fused-ring (bicyclic) bond motifs is 1. The van der Waals surface area contributed by atoms with Crippen molar-refractivity contribution in [3.05, 3.63) is 81.9 Å². The molecule has 4 heterocycles. The van der Waals surface area contributed by atoms with Crippen LogP contribution in [0.5, 0.6) is 0 Å². The van der Waals surface area contributed by atoms with Crippen LogP contribution < -0.4 is 10.7 Å². The number of aromatic amines is 1. The fourth-order valence-electron chi connectivity index (χ4n) is 3.93. The lowest BCUT2D eigenvalue weighted by Gasteiger charge is -2.19. The zero-order valence-electron chi connectivity index (χ0n) is 18.3. The van der Waals surface area contributed by atoms with Crippen LogP contribution in [0.4, 0.5) is 5.69 Å². The minimum atomic E-state index is -0.213. The Morgan fingerprint density at radius 2 is 1.97 bits per heavy atom. The highest BCUT2D eigenvalue weighted by Crippen LogP contribution is 2.33. The summed E-state index contributed by atoms with van der Waals surface area (Å²) in [5.41, 5.74) is 4.94. The minimum Gasteiger partial charge on any atom is -0.455 e. The van der Waals surface area contributed by atoms with Crippen LogP contribution in [0.1, 0.15) is 29.7 Å². The molecule has 164 valence electrons. The van der Waals surface area contributed by atoms with E-state index in [9.17, 15) is 4.79 Å². The number of rotatable bonds is 5. The maximum Gasteiger partial charge on any atom is 0.225 e. The van der Waals surface area contributed by atoms with Gasteiger partial charge >= 0.3 is 0 Å². The first-order valence-corrected chi connectivity index (χ1v) is 10.5. The Kier molecular flexibility index (Phi) is 5.14. The molecule has 0 aliphatic rings. The normalized spacial score (nSPS) is 12.1. The van der Waals surface area contributed by atoms with Crippen molar-refractivity contribution in [3.8, 4) is 22.8 Å². The third-order valence-corrected chi connectivity index (χ3v) is 5.52. The number of nitrogens with zero attached hydrogens (tertiary/aromatic N) is 5. The van der Waals surface area contributed by atoms with Gasteiger partial charge in [-0.1, -0.05) is 6.07 Å². The number of aryl methyl sites for hydroxylation is 1. The van der Waals surface area contributed by atoms with Crippen LogP contribution in [0.3, 0.4) is 0 Å². The number of H-pyrrole nitrogens is 1. The number of hydrogen-bond acceptors (Lipinski definition) is 8. The van der Waals surface area contributed by atoms with E-state index in [2.05, 4.69) is 35.9 Å². The lowest BCUT2D eigenvalue weighted by Crippen LogP contribution is -2.13. The van der Waals surface area contributed by atoms with E-state index in [0.717, 1.165) is 22.4 Å². The highest BCUT2D eigenvalue weighted by molar-refractivity contribution is 5.84. The average Bonchev–Trinajstić information content (AvgIpc) is 3.37. The Bertz CT molecular complexity index is 1500. The molecule has 0 aliphatic carbocycles. The van der Waals surface area contributed by atoms with E-state index < -0.39 is 0 Å². The molecule has 0 saturated heterocycles. The largest absolute Gasteiger partial charge is 0.455 e. The molecule has 0 spiro atoms. The fourth-order valence-corrected chi connectivity index (χ4v) is 3.93. The number of anilines is 1. The van der Waals surface area contributed by atoms with Crippen LogP contribution >= 0.6 is 0 Å². The third-order valence-electron chi connectivity index (χ3n) is 5.52. The van der Waals surface area contributed by atoms with Gasteiger partial charge in [-0.15, -0.1) is 10.2 Å². The molecule has 9 nitrogen and oxygen atoms in total. The Labute approximate surface area is 188 Å². The topological polar surface area (TPSA) is 122 Å². The monoisotopic (exact) mass is 439 g/mol. The van der Waals surface area contributed by atoms with Gasteiger partial charge in [-0.05, 0) is 61.9 Å². The van der Waals surface area contributed by atoms with Gasteiger partial charge in [-0.25, -0.2) is 0 Å². The predicted octanol–water partition coefficient (Wildman–Crippen LogP) is 4.22. The maximum absolute atomic E-state index is 13.3. The van der Waals surface area contributed by atoms with Gasteiger partial charge in [0.2, 0.25) is 5.82 Å². The van der Waals surface area contributed by atoms with Crippen LogP contribution in [0.15, 0.2) is 64.2 Å². The number of benzene rings is 1. The summed E-state index contributed by atoms with van der Waals surface area (Å²) in [7, 11) is 0. The van der Waals surface area contributed by atoms with Crippen molar-refractivity contribution in [2.45, 2.75) is 26.8 Å². The molecule has 9 heteroatoms. The van der Waals surface area contributed by atoms with E-state index in [1.807, 2.05) is 50.2 Å². The SMILES string of the molecule is Cc1cc(C(C)Nc2cccnc2-c2nn[nH]n2)c2oc(-c3cccnc3)c(C)c(=O)c2c1. The summed E-state index contributed by atoms with van der Waals surface area (Å²) in [6, 6.07) is 11.1. The van der Waals surface area contributed by atoms with Crippen LogP contribution in [0.25, 0.3) is 33.8 Å². The molecule has 0 aliphatic heterocycles. The molecule has 2 N–H and O–H groups in total. The summed E-state index contributed by atoms with van der Waals surface area (Å²) in [6.07, 6.45) is 5.05. The lowest BCUT2D eigenvalue weighted by molar-refractivity contribution is 0.605. The quantitative estimate of drug-likeness (QED) is 0.417. The van der Waals surface area contributed by atoms with Gasteiger partial charge in [0.15, 0.2) is 5.43 Å². The van der Waals surface area contributed by atoms with E-state index in [1.165, 1.54) is 0 Å². The van der Waals surface area contributed by atoms with Crippen molar-refractivity contribution >= 4 is 16.7 Å². The number of tetrazole rings is 1. The van der Waals surface area contributed by atoms with Crippen molar-refractivity contribution in [1.82, 2.24) is 30.6 Å². The van der Waals surface area contributed by atoms with E-state index >= 15 is 0 Å². The average molecular weight is 439 g/mol. The summed E-state index contributed by atoms with van der Waals surface area (Å²) < 4.78 is 6.37. The van der Waals surface area contributed by atoms with Gasteiger partial charge in [0.1, 0.15) is 17.0 Å². The van der Waals surface area contributed by atoms with Crippen LogP contribution in [-0.2, 0) is 0 Å². The molecule has 5 aromatic rings.